The molecule has 1 aliphatic rings. The normalized spacial score (nSPS) is 14.5. The average Bonchev–Trinajstić information content (AvgIpc) is 2.88. The second-order valence-electron chi connectivity index (χ2n) is 4.44. The van der Waals surface area contributed by atoms with E-state index >= 15 is 0 Å². The fourth-order valence-electron chi connectivity index (χ4n) is 2.00. The first-order chi connectivity index (χ1) is 9.06. The molecule has 0 atom stereocenters. The maximum Gasteiger partial charge on any atom is 0.338 e. The molecule has 1 aromatic rings. The molecule has 5 nitrogen and oxygen atoms in total. The van der Waals surface area contributed by atoms with E-state index in [-0.39, 0.29) is 12.5 Å². The minimum absolute atomic E-state index is 0.145. The fourth-order valence-corrected chi connectivity index (χ4v) is 2.51. The van der Waals surface area contributed by atoms with E-state index in [2.05, 4.69) is 15.9 Å². The highest BCUT2D eigenvalue weighted by Crippen LogP contribution is 2.18. The van der Waals surface area contributed by atoms with Crippen LogP contribution in [-0.4, -0.2) is 36.5 Å². The van der Waals surface area contributed by atoms with Crippen LogP contribution in [0.15, 0.2) is 22.7 Å². The van der Waals surface area contributed by atoms with Gasteiger partial charge in [-0.15, -0.1) is 0 Å². The Morgan fingerprint density at radius 3 is 2.58 bits per heavy atom. The summed E-state index contributed by atoms with van der Waals surface area (Å²) < 4.78 is 5.71. The van der Waals surface area contributed by atoms with Gasteiger partial charge in [0.1, 0.15) is 0 Å². The Hall–Kier alpha value is -1.56. The summed E-state index contributed by atoms with van der Waals surface area (Å²) in [5, 5.41) is 0. The van der Waals surface area contributed by atoms with Crippen LogP contribution in [0, 0.1) is 0 Å². The summed E-state index contributed by atoms with van der Waals surface area (Å²) in [6, 6.07) is 4.82. The van der Waals surface area contributed by atoms with Crippen molar-refractivity contribution in [3.8, 4) is 0 Å². The minimum Gasteiger partial charge on any atom is -0.452 e. The number of hydrogen-bond acceptors (Lipinski definition) is 4. The van der Waals surface area contributed by atoms with Gasteiger partial charge in [-0.05, 0) is 31.0 Å². The van der Waals surface area contributed by atoms with E-state index in [4.69, 9.17) is 10.5 Å². The van der Waals surface area contributed by atoms with Crippen molar-refractivity contribution < 1.29 is 14.3 Å². The van der Waals surface area contributed by atoms with Gasteiger partial charge in [0.05, 0.1) is 5.56 Å². The Morgan fingerprint density at radius 2 is 1.95 bits per heavy atom. The summed E-state index contributed by atoms with van der Waals surface area (Å²) in [4.78, 5) is 25.2. The number of nitrogen functional groups attached to an aromatic ring is 1. The van der Waals surface area contributed by atoms with Gasteiger partial charge in [-0.25, -0.2) is 4.79 Å². The van der Waals surface area contributed by atoms with Gasteiger partial charge in [-0.2, -0.15) is 0 Å². The van der Waals surface area contributed by atoms with Crippen LogP contribution in [0.4, 0.5) is 5.69 Å². The Morgan fingerprint density at radius 1 is 1.26 bits per heavy atom. The highest BCUT2D eigenvalue weighted by molar-refractivity contribution is 9.10. The van der Waals surface area contributed by atoms with Crippen LogP contribution in [0.1, 0.15) is 23.2 Å². The zero-order chi connectivity index (χ0) is 13.8. The molecule has 0 spiro atoms. The van der Waals surface area contributed by atoms with E-state index in [1.165, 1.54) is 6.07 Å². The molecular weight excluding hydrogens is 312 g/mol. The first-order valence-corrected chi connectivity index (χ1v) is 6.86. The van der Waals surface area contributed by atoms with Crippen LogP contribution >= 0.6 is 15.9 Å². The maximum absolute atomic E-state index is 11.8. The molecule has 6 heteroatoms. The first kappa shape index (κ1) is 13.9. The summed E-state index contributed by atoms with van der Waals surface area (Å²) in [5.74, 6) is -0.686. The van der Waals surface area contributed by atoms with Gasteiger partial charge >= 0.3 is 5.97 Å². The Labute approximate surface area is 119 Å². The molecule has 0 saturated carbocycles. The fraction of sp³-hybridized carbons (Fsp3) is 0.385. The predicted octanol–water partition coefficient (Wildman–Crippen LogP) is 1.81. The van der Waals surface area contributed by atoms with Gasteiger partial charge in [-0.1, -0.05) is 15.9 Å². The van der Waals surface area contributed by atoms with Gasteiger partial charge in [0.25, 0.3) is 5.91 Å². The number of halogens is 1. The third-order valence-electron chi connectivity index (χ3n) is 2.94. The molecule has 1 fully saturated rings. The van der Waals surface area contributed by atoms with Crippen molar-refractivity contribution in [2.75, 3.05) is 25.4 Å². The van der Waals surface area contributed by atoms with Crippen LogP contribution in [0.25, 0.3) is 0 Å². The van der Waals surface area contributed by atoms with E-state index in [0.29, 0.717) is 15.7 Å². The molecular formula is C13H15BrN2O3. The number of esters is 1. The molecule has 1 amide bonds. The maximum atomic E-state index is 11.8. The number of benzene rings is 1. The van der Waals surface area contributed by atoms with Crippen LogP contribution in [-0.2, 0) is 9.53 Å². The molecule has 102 valence electrons. The Bertz CT molecular complexity index is 478. The second-order valence-corrected chi connectivity index (χ2v) is 5.35. The van der Waals surface area contributed by atoms with Crippen molar-refractivity contribution in [2.45, 2.75) is 12.8 Å². The predicted molar refractivity (Wildman–Crippen MR) is 74.7 cm³/mol. The van der Waals surface area contributed by atoms with E-state index < -0.39 is 5.97 Å². The monoisotopic (exact) mass is 326 g/mol. The lowest BCUT2D eigenvalue weighted by atomic mass is 10.2. The SMILES string of the molecule is Nc1cc(Br)cc(C(=O)OCC(=O)N2CCCC2)c1. The molecule has 1 saturated heterocycles. The van der Waals surface area contributed by atoms with Crippen molar-refractivity contribution in [3.05, 3.63) is 28.2 Å². The standard InChI is InChI=1S/C13H15BrN2O3/c14-10-5-9(6-11(15)7-10)13(18)19-8-12(17)16-3-1-2-4-16/h5-7H,1-4,8,15H2. The van der Waals surface area contributed by atoms with Crippen LogP contribution < -0.4 is 5.73 Å². The molecule has 0 bridgehead atoms. The summed E-state index contributed by atoms with van der Waals surface area (Å²) in [5.41, 5.74) is 6.44. The number of hydrogen-bond donors (Lipinski definition) is 1. The van der Waals surface area contributed by atoms with E-state index in [1.807, 2.05) is 0 Å². The summed E-state index contributed by atoms with van der Waals surface area (Å²) in [6.45, 7) is 1.28. The van der Waals surface area contributed by atoms with Crippen molar-refractivity contribution in [1.29, 1.82) is 0 Å². The number of carbonyl (C=O) groups is 2. The van der Waals surface area contributed by atoms with Crippen molar-refractivity contribution in [1.82, 2.24) is 4.90 Å². The number of carbonyl (C=O) groups excluding carboxylic acids is 2. The van der Waals surface area contributed by atoms with Gasteiger partial charge < -0.3 is 15.4 Å². The molecule has 0 aliphatic carbocycles. The topological polar surface area (TPSA) is 72.6 Å². The summed E-state index contributed by atoms with van der Waals surface area (Å²) in [7, 11) is 0. The number of rotatable bonds is 3. The van der Waals surface area contributed by atoms with Crippen LogP contribution in [0.3, 0.4) is 0 Å². The minimum atomic E-state index is -0.541. The third kappa shape index (κ3) is 3.70. The largest absolute Gasteiger partial charge is 0.452 e. The van der Waals surface area contributed by atoms with Crippen molar-refractivity contribution >= 4 is 33.5 Å². The summed E-state index contributed by atoms with van der Waals surface area (Å²) in [6.07, 6.45) is 2.03. The number of likely N-dealkylation sites (tertiary alicyclic amines) is 1. The molecule has 2 rings (SSSR count). The second kappa shape index (κ2) is 6.06. The summed E-state index contributed by atoms with van der Waals surface area (Å²) >= 11 is 3.25. The molecule has 1 heterocycles. The molecule has 19 heavy (non-hydrogen) atoms. The Kier molecular flexibility index (Phi) is 4.42. The highest BCUT2D eigenvalue weighted by Gasteiger charge is 2.19. The van der Waals surface area contributed by atoms with Gasteiger partial charge in [0.2, 0.25) is 0 Å². The van der Waals surface area contributed by atoms with Gasteiger partial charge in [0, 0.05) is 23.2 Å². The highest BCUT2D eigenvalue weighted by atomic mass is 79.9. The number of anilines is 1. The number of ether oxygens (including phenoxy) is 1. The van der Waals surface area contributed by atoms with E-state index in [9.17, 15) is 9.59 Å². The Balaban J connectivity index is 1.91. The smallest absolute Gasteiger partial charge is 0.338 e. The lowest BCUT2D eigenvalue weighted by Crippen LogP contribution is -2.32. The molecule has 0 radical (unpaired) electrons. The quantitative estimate of drug-likeness (QED) is 0.679. The average molecular weight is 327 g/mol. The van der Waals surface area contributed by atoms with Crippen LogP contribution in [0.2, 0.25) is 0 Å². The number of nitrogens with two attached hydrogens (primary N) is 1. The zero-order valence-corrected chi connectivity index (χ0v) is 12.0. The van der Waals surface area contributed by atoms with Crippen molar-refractivity contribution in [3.63, 3.8) is 0 Å². The molecule has 1 aliphatic heterocycles. The first-order valence-electron chi connectivity index (χ1n) is 6.07. The molecule has 0 aromatic heterocycles. The molecule has 2 N–H and O–H groups in total. The van der Waals surface area contributed by atoms with Gasteiger partial charge in [0.15, 0.2) is 6.61 Å². The lowest BCUT2D eigenvalue weighted by Gasteiger charge is -2.15. The zero-order valence-electron chi connectivity index (χ0n) is 10.4. The number of amides is 1. The lowest BCUT2D eigenvalue weighted by molar-refractivity contribution is -0.133. The molecule has 0 unspecified atom stereocenters. The van der Waals surface area contributed by atoms with Crippen molar-refractivity contribution in [2.24, 2.45) is 0 Å². The van der Waals surface area contributed by atoms with E-state index in [1.54, 1.807) is 17.0 Å². The third-order valence-corrected chi connectivity index (χ3v) is 3.40. The number of nitrogens with zero attached hydrogens (tertiary/aromatic N) is 1. The van der Waals surface area contributed by atoms with Crippen LogP contribution in [0.5, 0.6) is 0 Å². The van der Waals surface area contributed by atoms with E-state index in [0.717, 1.165) is 25.9 Å². The van der Waals surface area contributed by atoms with Gasteiger partial charge in [-0.3, -0.25) is 4.79 Å². The molecule has 1 aromatic carbocycles.